The van der Waals surface area contributed by atoms with Gasteiger partial charge in [0.2, 0.25) is 0 Å². The van der Waals surface area contributed by atoms with Crippen molar-refractivity contribution in [1.29, 1.82) is 0 Å². The van der Waals surface area contributed by atoms with E-state index in [2.05, 4.69) is 5.32 Å². The minimum atomic E-state index is -0.505. The number of amides is 1. The first-order chi connectivity index (χ1) is 10.6. The number of nitrogens with zero attached hydrogens (tertiary/aromatic N) is 2. The summed E-state index contributed by atoms with van der Waals surface area (Å²) in [5.74, 6) is 1.05. The van der Waals surface area contributed by atoms with E-state index >= 15 is 0 Å². The molecule has 2 saturated heterocycles. The van der Waals surface area contributed by atoms with Gasteiger partial charge in [0, 0.05) is 30.9 Å². The maximum absolute atomic E-state index is 12.7. The van der Waals surface area contributed by atoms with Gasteiger partial charge in [-0.3, -0.25) is 14.9 Å². The number of halogens is 1. The number of nitro groups is 1. The number of nitrogens with two attached hydrogens (primary N) is 1. The zero-order valence-electron chi connectivity index (χ0n) is 12.7. The molecule has 2 heterocycles. The third-order valence-corrected chi connectivity index (χ3v) is 4.78. The summed E-state index contributed by atoms with van der Waals surface area (Å²) in [7, 11) is 0. The fourth-order valence-electron chi connectivity index (χ4n) is 3.43. The Morgan fingerprint density at radius 1 is 1.26 bits per heavy atom. The number of hydrogen-bond donors (Lipinski definition) is 2. The zero-order valence-corrected chi connectivity index (χ0v) is 13.6. The van der Waals surface area contributed by atoms with Crippen molar-refractivity contribution in [1.82, 2.24) is 10.2 Å². The maximum atomic E-state index is 12.7. The summed E-state index contributed by atoms with van der Waals surface area (Å²) >= 11 is 0. The van der Waals surface area contributed by atoms with Crippen LogP contribution in [0.25, 0.3) is 0 Å². The third-order valence-electron chi connectivity index (χ3n) is 4.78. The first-order valence-electron chi connectivity index (χ1n) is 7.60. The van der Waals surface area contributed by atoms with Crippen molar-refractivity contribution in [2.24, 2.45) is 11.8 Å². The molecule has 3 N–H and O–H groups in total. The molecule has 0 bridgehead atoms. The van der Waals surface area contributed by atoms with Crippen LogP contribution in [0.2, 0.25) is 0 Å². The molecule has 1 aromatic carbocycles. The number of non-ortho nitro benzene ring substituents is 1. The maximum Gasteiger partial charge on any atom is 0.270 e. The van der Waals surface area contributed by atoms with Crippen molar-refractivity contribution in [3.8, 4) is 0 Å². The second kappa shape index (κ2) is 7.14. The molecule has 8 heteroatoms. The number of fused-ring (bicyclic) bond motifs is 1. The summed E-state index contributed by atoms with van der Waals surface area (Å²) in [6.07, 6.45) is 1.94. The molecule has 2 aliphatic rings. The lowest BCUT2D eigenvalue weighted by Gasteiger charge is -2.21. The Kier molecular flexibility index (Phi) is 5.43. The van der Waals surface area contributed by atoms with Gasteiger partial charge >= 0.3 is 0 Å². The predicted molar refractivity (Wildman–Crippen MR) is 89.7 cm³/mol. The highest BCUT2D eigenvalue weighted by atomic mass is 35.5. The van der Waals surface area contributed by atoms with Gasteiger partial charge in [-0.2, -0.15) is 0 Å². The standard InChI is InChI=1S/C15H20N4O3.ClH/c16-14-2-1-12(19(21)22)7-13(14)15(20)18-5-3-10-8-17-9-11(10)4-6-18;/h1-2,7,10-11,17H,3-6,8-9,16H2;1H/t10-,11+;. The number of benzene rings is 1. The van der Waals surface area contributed by atoms with Crippen LogP contribution in [0, 0.1) is 22.0 Å². The first-order valence-corrected chi connectivity index (χ1v) is 7.60. The number of likely N-dealkylation sites (tertiary alicyclic amines) is 1. The van der Waals surface area contributed by atoms with Crippen molar-refractivity contribution in [3.63, 3.8) is 0 Å². The van der Waals surface area contributed by atoms with Gasteiger partial charge in [0.15, 0.2) is 0 Å². The number of carbonyl (C=O) groups excluding carboxylic acids is 1. The summed E-state index contributed by atoms with van der Waals surface area (Å²) in [5, 5.41) is 14.3. The lowest BCUT2D eigenvalue weighted by molar-refractivity contribution is -0.384. The van der Waals surface area contributed by atoms with E-state index in [1.54, 1.807) is 4.90 Å². The quantitative estimate of drug-likeness (QED) is 0.484. The normalized spacial score (nSPS) is 23.6. The number of nitrogen functional groups attached to an aromatic ring is 1. The van der Waals surface area contributed by atoms with E-state index in [1.165, 1.54) is 18.2 Å². The topological polar surface area (TPSA) is 101 Å². The Hall–Kier alpha value is -1.86. The van der Waals surface area contributed by atoms with Gasteiger partial charge in [-0.25, -0.2) is 0 Å². The average Bonchev–Trinajstić information content (AvgIpc) is 2.85. The molecule has 1 amide bonds. The molecule has 0 aliphatic carbocycles. The second-order valence-corrected chi connectivity index (χ2v) is 6.08. The van der Waals surface area contributed by atoms with Crippen LogP contribution in [0.5, 0.6) is 0 Å². The molecule has 2 fully saturated rings. The summed E-state index contributed by atoms with van der Waals surface area (Å²) in [6, 6.07) is 4.04. The molecular weight excluding hydrogens is 320 g/mol. The van der Waals surface area contributed by atoms with Crippen molar-refractivity contribution < 1.29 is 9.72 Å². The van der Waals surface area contributed by atoms with Gasteiger partial charge in [0.1, 0.15) is 0 Å². The largest absolute Gasteiger partial charge is 0.398 e. The van der Waals surface area contributed by atoms with E-state index in [-0.39, 0.29) is 29.6 Å². The molecule has 0 radical (unpaired) electrons. The number of nitrogens with one attached hydrogen (secondary N) is 1. The van der Waals surface area contributed by atoms with Gasteiger partial charge in [-0.15, -0.1) is 12.4 Å². The fraction of sp³-hybridized carbons (Fsp3) is 0.533. The highest BCUT2D eigenvalue weighted by Gasteiger charge is 2.32. The van der Waals surface area contributed by atoms with Crippen molar-refractivity contribution in [2.45, 2.75) is 12.8 Å². The van der Waals surface area contributed by atoms with Crippen LogP contribution in [-0.4, -0.2) is 41.9 Å². The molecular formula is C15H21ClN4O3. The van der Waals surface area contributed by atoms with Gasteiger partial charge in [0.05, 0.1) is 10.5 Å². The summed E-state index contributed by atoms with van der Waals surface area (Å²) in [6.45, 7) is 3.41. The predicted octanol–water partition coefficient (Wildman–Crippen LogP) is 1.67. The minimum Gasteiger partial charge on any atom is -0.398 e. The molecule has 0 spiro atoms. The highest BCUT2D eigenvalue weighted by molar-refractivity contribution is 5.99. The van der Waals surface area contributed by atoms with Crippen LogP contribution in [0.3, 0.4) is 0 Å². The number of carbonyl (C=O) groups is 1. The minimum absolute atomic E-state index is 0. The average molecular weight is 341 g/mol. The lowest BCUT2D eigenvalue weighted by Crippen LogP contribution is -2.33. The smallest absolute Gasteiger partial charge is 0.270 e. The van der Waals surface area contributed by atoms with Gasteiger partial charge in [-0.05, 0) is 43.8 Å². The van der Waals surface area contributed by atoms with E-state index < -0.39 is 4.92 Å². The van der Waals surface area contributed by atoms with Crippen LogP contribution in [-0.2, 0) is 0 Å². The number of hydrogen-bond acceptors (Lipinski definition) is 5. The molecule has 0 aromatic heterocycles. The van der Waals surface area contributed by atoms with Crippen LogP contribution in [0.4, 0.5) is 11.4 Å². The van der Waals surface area contributed by atoms with E-state index in [4.69, 9.17) is 5.73 Å². The van der Waals surface area contributed by atoms with E-state index in [1.807, 2.05) is 0 Å². The zero-order chi connectivity index (χ0) is 15.7. The molecule has 126 valence electrons. The Balaban J connectivity index is 0.00000192. The molecule has 3 rings (SSSR count). The number of rotatable bonds is 2. The molecule has 1 aromatic rings. The Morgan fingerprint density at radius 3 is 2.43 bits per heavy atom. The summed E-state index contributed by atoms with van der Waals surface area (Å²) in [4.78, 5) is 24.8. The number of nitro benzene ring substituents is 1. The van der Waals surface area contributed by atoms with Gasteiger partial charge in [-0.1, -0.05) is 0 Å². The van der Waals surface area contributed by atoms with Crippen LogP contribution < -0.4 is 11.1 Å². The molecule has 23 heavy (non-hydrogen) atoms. The Labute approximate surface area is 140 Å². The molecule has 7 nitrogen and oxygen atoms in total. The fourth-order valence-corrected chi connectivity index (χ4v) is 3.43. The first kappa shape index (κ1) is 17.5. The Bertz CT molecular complexity index is 596. The van der Waals surface area contributed by atoms with Crippen LogP contribution in [0.1, 0.15) is 23.2 Å². The monoisotopic (exact) mass is 340 g/mol. The van der Waals surface area contributed by atoms with Gasteiger partial charge in [0.25, 0.3) is 11.6 Å². The van der Waals surface area contributed by atoms with E-state index in [9.17, 15) is 14.9 Å². The molecule has 2 atom stereocenters. The number of anilines is 1. The van der Waals surface area contributed by atoms with Crippen LogP contribution >= 0.6 is 12.4 Å². The molecule has 0 saturated carbocycles. The van der Waals surface area contributed by atoms with E-state index in [0.29, 0.717) is 30.6 Å². The molecule has 0 unspecified atom stereocenters. The van der Waals surface area contributed by atoms with Crippen molar-refractivity contribution in [2.75, 3.05) is 31.9 Å². The second-order valence-electron chi connectivity index (χ2n) is 6.08. The summed E-state index contributed by atoms with van der Waals surface area (Å²) in [5.41, 5.74) is 6.27. The lowest BCUT2D eigenvalue weighted by atomic mass is 9.92. The molecule has 2 aliphatic heterocycles. The van der Waals surface area contributed by atoms with Gasteiger partial charge < -0.3 is 16.0 Å². The van der Waals surface area contributed by atoms with Crippen molar-refractivity contribution in [3.05, 3.63) is 33.9 Å². The Morgan fingerprint density at radius 2 is 1.87 bits per heavy atom. The third kappa shape index (κ3) is 3.56. The van der Waals surface area contributed by atoms with E-state index in [0.717, 1.165) is 25.9 Å². The van der Waals surface area contributed by atoms with Crippen LogP contribution in [0.15, 0.2) is 18.2 Å². The summed E-state index contributed by atoms with van der Waals surface area (Å²) < 4.78 is 0. The SMILES string of the molecule is Cl.Nc1ccc([N+](=O)[O-])cc1C(=O)N1CC[C@@H]2CNC[C@@H]2CC1. The highest BCUT2D eigenvalue weighted by Crippen LogP contribution is 2.29. The van der Waals surface area contributed by atoms with Crippen molar-refractivity contribution >= 4 is 29.7 Å².